The zero-order valence-electron chi connectivity index (χ0n) is 19.9. The lowest BCUT2D eigenvalue weighted by molar-refractivity contribution is -0.137. The van der Waals surface area contributed by atoms with E-state index in [0.29, 0.717) is 24.5 Å². The fraction of sp³-hybridized carbons (Fsp3) is 0.458. The molecule has 3 rings (SSSR count). The predicted molar refractivity (Wildman–Crippen MR) is 126 cm³/mol. The summed E-state index contributed by atoms with van der Waals surface area (Å²) in [4.78, 5) is 14.2. The van der Waals surface area contributed by atoms with Gasteiger partial charge in [-0.25, -0.2) is 16.8 Å². The van der Waals surface area contributed by atoms with Gasteiger partial charge >= 0.3 is 6.18 Å². The average molecular weight is 532 g/mol. The first-order valence-electron chi connectivity index (χ1n) is 11.0. The number of nitrogens with zero attached hydrogens (tertiary/aromatic N) is 1. The first kappa shape index (κ1) is 27.2. The van der Waals surface area contributed by atoms with Crippen molar-refractivity contribution in [2.75, 3.05) is 19.3 Å². The molecular weight excluding hydrogens is 503 g/mol. The molecule has 2 aromatic carbocycles. The number of rotatable bonds is 5. The molecule has 0 aliphatic carbocycles. The average Bonchev–Trinajstić information content (AvgIpc) is 2.77. The van der Waals surface area contributed by atoms with Gasteiger partial charge in [-0.2, -0.15) is 13.2 Å². The fourth-order valence-electron chi connectivity index (χ4n) is 4.42. The molecular formula is C24H28F3NO5S2. The Morgan fingerprint density at radius 1 is 0.971 bits per heavy atom. The quantitative estimate of drug-likeness (QED) is 0.566. The molecule has 0 unspecified atom stereocenters. The Morgan fingerprint density at radius 3 is 2.11 bits per heavy atom. The number of amides is 1. The summed E-state index contributed by atoms with van der Waals surface area (Å²) in [6, 6.07) is 8.29. The Bertz CT molecular complexity index is 1340. The lowest BCUT2D eigenvalue weighted by Gasteiger charge is -2.40. The van der Waals surface area contributed by atoms with Crippen LogP contribution in [0.2, 0.25) is 0 Å². The molecule has 0 N–H and O–H groups in total. The number of piperidine rings is 1. The normalized spacial score (nSPS) is 16.4. The minimum absolute atomic E-state index is 0.0583. The van der Waals surface area contributed by atoms with Crippen LogP contribution in [0.5, 0.6) is 0 Å². The van der Waals surface area contributed by atoms with Gasteiger partial charge in [0.2, 0.25) is 0 Å². The summed E-state index contributed by atoms with van der Waals surface area (Å²) in [5, 5.41) is 0. The van der Waals surface area contributed by atoms with Crippen LogP contribution in [0.1, 0.15) is 48.2 Å². The molecule has 1 aliphatic heterocycles. The molecule has 35 heavy (non-hydrogen) atoms. The first-order valence-corrected chi connectivity index (χ1v) is 14.4. The van der Waals surface area contributed by atoms with Gasteiger partial charge in [0.1, 0.15) is 0 Å². The van der Waals surface area contributed by atoms with Gasteiger partial charge in [0.15, 0.2) is 19.7 Å². The van der Waals surface area contributed by atoms with Gasteiger partial charge in [-0.3, -0.25) is 4.79 Å². The van der Waals surface area contributed by atoms with Crippen LogP contribution in [0.3, 0.4) is 0 Å². The number of hydrogen-bond acceptors (Lipinski definition) is 5. The smallest absolute Gasteiger partial charge is 0.339 e. The Balaban J connectivity index is 1.82. The second-order valence-corrected chi connectivity index (χ2v) is 14.0. The van der Waals surface area contributed by atoms with E-state index in [9.17, 15) is 34.8 Å². The summed E-state index contributed by atoms with van der Waals surface area (Å²) in [6.45, 7) is 5.10. The second kappa shape index (κ2) is 9.24. The van der Waals surface area contributed by atoms with Gasteiger partial charge in [-0.1, -0.05) is 12.1 Å². The van der Waals surface area contributed by atoms with Crippen LogP contribution in [0.15, 0.2) is 52.3 Å². The molecule has 11 heteroatoms. The van der Waals surface area contributed by atoms with Crippen molar-refractivity contribution in [1.29, 1.82) is 0 Å². The van der Waals surface area contributed by atoms with E-state index in [1.165, 1.54) is 30.9 Å². The largest absolute Gasteiger partial charge is 0.416 e. The summed E-state index contributed by atoms with van der Waals surface area (Å²) >= 11 is 0. The number of alkyl halides is 3. The lowest BCUT2D eigenvalue weighted by Crippen LogP contribution is -2.47. The Hall–Kier alpha value is -2.40. The molecule has 0 atom stereocenters. The van der Waals surface area contributed by atoms with Crippen LogP contribution in [0.4, 0.5) is 13.2 Å². The van der Waals surface area contributed by atoms with E-state index in [1.807, 2.05) is 0 Å². The topological polar surface area (TPSA) is 88.6 Å². The fourth-order valence-corrected chi connectivity index (χ4v) is 7.20. The van der Waals surface area contributed by atoms with Gasteiger partial charge < -0.3 is 4.90 Å². The van der Waals surface area contributed by atoms with Crippen molar-refractivity contribution in [3.63, 3.8) is 0 Å². The van der Waals surface area contributed by atoms with Crippen LogP contribution >= 0.6 is 0 Å². The van der Waals surface area contributed by atoms with Crippen LogP contribution in [0.25, 0.3) is 0 Å². The Kier molecular flexibility index (Phi) is 7.18. The van der Waals surface area contributed by atoms with Crippen molar-refractivity contribution in [1.82, 2.24) is 4.90 Å². The highest BCUT2D eigenvalue weighted by Crippen LogP contribution is 2.40. The van der Waals surface area contributed by atoms with E-state index < -0.39 is 52.9 Å². The second-order valence-electron chi connectivity index (χ2n) is 9.47. The zero-order chi connectivity index (χ0) is 26.4. The van der Waals surface area contributed by atoms with Crippen molar-refractivity contribution in [2.24, 2.45) is 5.92 Å². The number of carbonyl (C=O) groups excluding carboxylic acids is 1. The highest BCUT2D eigenvalue weighted by atomic mass is 32.2. The summed E-state index contributed by atoms with van der Waals surface area (Å²) in [7, 11) is -7.77. The molecule has 1 fully saturated rings. The van der Waals surface area contributed by atoms with Crippen LogP contribution in [-0.4, -0.2) is 51.7 Å². The number of aryl methyl sites for hydroxylation is 1. The highest BCUT2D eigenvalue weighted by Gasteiger charge is 2.45. The van der Waals surface area contributed by atoms with Gasteiger partial charge in [-0.15, -0.1) is 0 Å². The summed E-state index contributed by atoms with van der Waals surface area (Å²) in [6.07, 6.45) is -3.03. The van der Waals surface area contributed by atoms with Gasteiger partial charge in [0, 0.05) is 19.3 Å². The summed E-state index contributed by atoms with van der Waals surface area (Å²) in [5.74, 6) is -0.874. The van der Waals surface area contributed by atoms with Crippen LogP contribution in [0, 0.1) is 12.8 Å². The van der Waals surface area contributed by atoms with Crippen molar-refractivity contribution >= 4 is 25.6 Å². The third-order valence-electron chi connectivity index (χ3n) is 6.70. The van der Waals surface area contributed by atoms with Crippen LogP contribution < -0.4 is 0 Å². The summed E-state index contributed by atoms with van der Waals surface area (Å²) < 4.78 is 89.1. The molecule has 0 aromatic heterocycles. The van der Waals surface area contributed by atoms with E-state index in [1.54, 1.807) is 13.0 Å². The maximum absolute atomic E-state index is 13.3. The maximum Gasteiger partial charge on any atom is 0.416 e. The highest BCUT2D eigenvalue weighted by molar-refractivity contribution is 7.92. The molecule has 1 heterocycles. The standard InChI is InChI=1S/C24H28F3NO5S2/c1-16-8-9-20(21(14-16)34(4,30)31)22(29)28-12-10-17(11-13-28)23(2,3)35(32,33)19-7-5-6-18(15-19)24(25,26)27/h5-9,14-15,17H,10-13H2,1-4H3. The maximum atomic E-state index is 13.3. The molecule has 0 spiro atoms. The predicted octanol–water partition coefficient (Wildman–Crippen LogP) is 4.52. The van der Waals surface area contributed by atoms with Gasteiger partial charge in [0.05, 0.1) is 25.7 Å². The summed E-state index contributed by atoms with van der Waals surface area (Å²) in [5.41, 5.74) is -0.274. The van der Waals surface area contributed by atoms with Crippen molar-refractivity contribution in [2.45, 2.75) is 54.3 Å². The molecule has 0 saturated carbocycles. The molecule has 1 saturated heterocycles. The minimum atomic E-state index is -4.66. The van der Waals surface area contributed by atoms with Gasteiger partial charge in [0.25, 0.3) is 5.91 Å². The van der Waals surface area contributed by atoms with E-state index in [-0.39, 0.29) is 23.5 Å². The number of benzene rings is 2. The molecule has 6 nitrogen and oxygen atoms in total. The molecule has 0 bridgehead atoms. The van der Waals surface area contributed by atoms with Crippen molar-refractivity contribution < 1.29 is 34.8 Å². The number of carbonyl (C=O) groups is 1. The number of sulfone groups is 2. The third kappa shape index (κ3) is 5.40. The number of likely N-dealkylation sites (tertiary alicyclic amines) is 1. The molecule has 192 valence electrons. The first-order chi connectivity index (χ1) is 16.0. The monoisotopic (exact) mass is 531 g/mol. The van der Waals surface area contributed by atoms with E-state index in [4.69, 9.17) is 0 Å². The Morgan fingerprint density at radius 2 is 1.57 bits per heavy atom. The third-order valence-corrected chi connectivity index (χ3v) is 10.4. The molecule has 0 radical (unpaired) electrons. The molecule has 2 aromatic rings. The molecule has 1 aliphatic rings. The van der Waals surface area contributed by atoms with E-state index in [2.05, 4.69) is 0 Å². The van der Waals surface area contributed by atoms with Gasteiger partial charge in [-0.05, 0) is 75.4 Å². The lowest BCUT2D eigenvalue weighted by atomic mass is 9.85. The Labute approximate surface area is 204 Å². The van der Waals surface area contributed by atoms with Crippen molar-refractivity contribution in [3.8, 4) is 0 Å². The van der Waals surface area contributed by atoms with E-state index >= 15 is 0 Å². The number of hydrogen-bond donors (Lipinski definition) is 0. The van der Waals surface area contributed by atoms with Crippen LogP contribution in [-0.2, 0) is 25.9 Å². The minimum Gasteiger partial charge on any atom is -0.339 e. The van der Waals surface area contributed by atoms with E-state index in [0.717, 1.165) is 24.5 Å². The zero-order valence-corrected chi connectivity index (χ0v) is 21.5. The van der Waals surface area contributed by atoms with Crippen molar-refractivity contribution in [3.05, 3.63) is 59.2 Å². The molecule has 1 amide bonds. The SMILES string of the molecule is Cc1ccc(C(=O)N2CCC(C(C)(C)S(=O)(=O)c3cccc(C(F)(F)F)c3)CC2)c(S(C)(=O)=O)c1. The number of halogens is 3.